The molecular formula is C13H22ClN5O. The fourth-order valence-corrected chi connectivity index (χ4v) is 2.41. The molecule has 2 atom stereocenters. The van der Waals surface area contributed by atoms with E-state index in [1.165, 1.54) is 0 Å². The van der Waals surface area contributed by atoms with Crippen molar-refractivity contribution >= 4 is 17.5 Å². The van der Waals surface area contributed by atoms with Gasteiger partial charge in [-0.1, -0.05) is 6.92 Å². The molecule has 1 aliphatic rings. The Bertz CT molecular complexity index is 445. The molecule has 1 fully saturated rings. The summed E-state index contributed by atoms with van der Waals surface area (Å²) in [7, 11) is 2.15. The first-order chi connectivity index (χ1) is 9.58. The normalized spacial score (nSPS) is 23.6. The Balaban J connectivity index is 1.99. The zero-order chi connectivity index (χ0) is 14.5. The van der Waals surface area contributed by atoms with Crippen molar-refractivity contribution in [3.8, 4) is 6.01 Å². The number of nitrogens with one attached hydrogen (secondary N) is 1. The average molecular weight is 300 g/mol. The van der Waals surface area contributed by atoms with E-state index in [0.29, 0.717) is 24.6 Å². The summed E-state index contributed by atoms with van der Waals surface area (Å²) in [5.41, 5.74) is 0. The van der Waals surface area contributed by atoms with Crippen molar-refractivity contribution in [2.75, 3.05) is 25.5 Å². The van der Waals surface area contributed by atoms with Gasteiger partial charge in [-0.3, -0.25) is 0 Å². The number of likely N-dealkylation sites (tertiary alicyclic amines) is 1. The van der Waals surface area contributed by atoms with E-state index >= 15 is 0 Å². The van der Waals surface area contributed by atoms with Gasteiger partial charge in [0.05, 0.1) is 6.61 Å². The molecule has 20 heavy (non-hydrogen) atoms. The summed E-state index contributed by atoms with van der Waals surface area (Å²) in [6.07, 6.45) is 3.03. The second-order valence-corrected chi connectivity index (χ2v) is 5.59. The third-order valence-electron chi connectivity index (χ3n) is 3.56. The van der Waals surface area contributed by atoms with Crippen molar-refractivity contribution in [2.45, 2.75) is 45.2 Å². The highest BCUT2D eigenvalue weighted by atomic mass is 35.5. The predicted molar refractivity (Wildman–Crippen MR) is 79.4 cm³/mol. The van der Waals surface area contributed by atoms with Crippen LogP contribution >= 0.6 is 11.6 Å². The lowest BCUT2D eigenvalue weighted by Crippen LogP contribution is -2.42. The maximum absolute atomic E-state index is 5.91. The van der Waals surface area contributed by atoms with Crippen molar-refractivity contribution in [3.05, 3.63) is 5.28 Å². The molecule has 1 aliphatic heterocycles. The Morgan fingerprint density at radius 1 is 1.40 bits per heavy atom. The number of aromatic nitrogens is 3. The Labute approximate surface area is 124 Å². The third-order valence-corrected chi connectivity index (χ3v) is 3.73. The zero-order valence-electron chi connectivity index (χ0n) is 12.3. The van der Waals surface area contributed by atoms with Gasteiger partial charge in [0, 0.05) is 18.6 Å². The van der Waals surface area contributed by atoms with Crippen molar-refractivity contribution in [2.24, 2.45) is 0 Å². The van der Waals surface area contributed by atoms with Gasteiger partial charge in [0.1, 0.15) is 0 Å². The Morgan fingerprint density at radius 3 is 2.90 bits per heavy atom. The Hall–Kier alpha value is -1.14. The fourth-order valence-electron chi connectivity index (χ4n) is 2.26. The first kappa shape index (κ1) is 15.3. The van der Waals surface area contributed by atoms with E-state index in [-0.39, 0.29) is 11.3 Å². The molecule has 7 heteroatoms. The van der Waals surface area contributed by atoms with Gasteiger partial charge < -0.3 is 15.0 Å². The minimum absolute atomic E-state index is 0.162. The van der Waals surface area contributed by atoms with Crippen LogP contribution in [0.15, 0.2) is 0 Å². The lowest BCUT2D eigenvalue weighted by atomic mass is 9.99. The lowest BCUT2D eigenvalue weighted by molar-refractivity contribution is 0.189. The summed E-state index contributed by atoms with van der Waals surface area (Å²) in [6.45, 7) is 5.90. The molecule has 2 unspecified atom stereocenters. The minimum Gasteiger partial charge on any atom is -0.463 e. The first-order valence-electron chi connectivity index (χ1n) is 7.09. The molecule has 0 radical (unpaired) electrons. The SMILES string of the molecule is CCCOc1nc(Cl)nc(NC2CCN(C)C(C)C2)n1. The quantitative estimate of drug-likeness (QED) is 0.899. The second-order valence-electron chi connectivity index (χ2n) is 5.25. The van der Waals surface area contributed by atoms with Crippen molar-refractivity contribution in [1.29, 1.82) is 0 Å². The predicted octanol–water partition coefficient (Wildman–Crippen LogP) is 2.21. The third kappa shape index (κ3) is 4.18. The molecule has 0 aromatic carbocycles. The van der Waals surface area contributed by atoms with Crippen LogP contribution in [0.4, 0.5) is 5.95 Å². The van der Waals surface area contributed by atoms with E-state index < -0.39 is 0 Å². The molecule has 2 rings (SSSR count). The highest BCUT2D eigenvalue weighted by molar-refractivity contribution is 6.28. The van der Waals surface area contributed by atoms with Gasteiger partial charge >= 0.3 is 6.01 Å². The van der Waals surface area contributed by atoms with Crippen molar-refractivity contribution < 1.29 is 4.74 Å². The maximum atomic E-state index is 5.91. The number of anilines is 1. The number of hydrogen-bond donors (Lipinski definition) is 1. The van der Waals surface area contributed by atoms with Crippen LogP contribution in [-0.4, -0.2) is 52.1 Å². The minimum atomic E-state index is 0.162. The molecule has 1 aromatic heterocycles. The number of ether oxygens (including phenoxy) is 1. The van der Waals surface area contributed by atoms with E-state index in [0.717, 1.165) is 25.8 Å². The zero-order valence-corrected chi connectivity index (χ0v) is 13.0. The summed E-state index contributed by atoms with van der Waals surface area (Å²) in [5.74, 6) is 0.498. The van der Waals surface area contributed by atoms with Crippen LogP contribution < -0.4 is 10.1 Å². The average Bonchev–Trinajstić information content (AvgIpc) is 2.40. The molecule has 0 bridgehead atoms. The molecule has 1 saturated heterocycles. The summed E-state index contributed by atoms with van der Waals surface area (Å²) < 4.78 is 5.41. The second kappa shape index (κ2) is 7.04. The van der Waals surface area contributed by atoms with Crippen LogP contribution in [0.3, 0.4) is 0 Å². The van der Waals surface area contributed by atoms with Gasteiger partial charge in [-0.15, -0.1) is 0 Å². The number of piperidine rings is 1. The lowest BCUT2D eigenvalue weighted by Gasteiger charge is -2.35. The molecule has 112 valence electrons. The van der Waals surface area contributed by atoms with Gasteiger partial charge in [0.15, 0.2) is 0 Å². The molecular weight excluding hydrogens is 278 g/mol. The fraction of sp³-hybridized carbons (Fsp3) is 0.769. The number of nitrogens with zero attached hydrogens (tertiary/aromatic N) is 4. The highest BCUT2D eigenvalue weighted by Crippen LogP contribution is 2.19. The van der Waals surface area contributed by atoms with E-state index in [2.05, 4.69) is 39.1 Å². The first-order valence-corrected chi connectivity index (χ1v) is 7.47. The van der Waals surface area contributed by atoms with Gasteiger partial charge in [-0.05, 0) is 44.8 Å². The van der Waals surface area contributed by atoms with Crippen LogP contribution in [0.1, 0.15) is 33.1 Å². The molecule has 0 amide bonds. The van der Waals surface area contributed by atoms with E-state index in [1.54, 1.807) is 0 Å². The van der Waals surface area contributed by atoms with Gasteiger partial charge in [0.25, 0.3) is 0 Å². The van der Waals surface area contributed by atoms with Crippen LogP contribution in [0.5, 0.6) is 6.01 Å². The van der Waals surface area contributed by atoms with Crippen molar-refractivity contribution in [1.82, 2.24) is 19.9 Å². The van der Waals surface area contributed by atoms with Crippen LogP contribution in [0.2, 0.25) is 5.28 Å². The molecule has 0 saturated carbocycles. The number of hydrogen-bond acceptors (Lipinski definition) is 6. The van der Waals surface area contributed by atoms with Crippen molar-refractivity contribution in [3.63, 3.8) is 0 Å². The van der Waals surface area contributed by atoms with E-state index in [9.17, 15) is 0 Å². The van der Waals surface area contributed by atoms with E-state index in [4.69, 9.17) is 16.3 Å². The molecule has 0 spiro atoms. The summed E-state index contributed by atoms with van der Waals surface area (Å²) in [6, 6.07) is 1.20. The highest BCUT2D eigenvalue weighted by Gasteiger charge is 2.23. The molecule has 6 nitrogen and oxygen atoms in total. The van der Waals surface area contributed by atoms with Gasteiger partial charge in [-0.2, -0.15) is 15.0 Å². The number of halogens is 1. The smallest absolute Gasteiger partial charge is 0.322 e. The van der Waals surface area contributed by atoms with E-state index in [1.807, 2.05) is 6.92 Å². The Morgan fingerprint density at radius 2 is 2.20 bits per heavy atom. The maximum Gasteiger partial charge on any atom is 0.322 e. The molecule has 0 aliphatic carbocycles. The number of rotatable bonds is 5. The van der Waals surface area contributed by atoms with Crippen LogP contribution in [0, 0.1) is 0 Å². The monoisotopic (exact) mass is 299 g/mol. The summed E-state index contributed by atoms with van der Waals surface area (Å²) >= 11 is 5.91. The standard InChI is InChI=1S/C13H22ClN5O/c1-4-7-20-13-17-11(14)16-12(18-13)15-10-5-6-19(3)9(2)8-10/h9-10H,4-8H2,1-3H3,(H,15,16,17,18). The van der Waals surface area contributed by atoms with Crippen LogP contribution in [-0.2, 0) is 0 Å². The summed E-state index contributed by atoms with van der Waals surface area (Å²) in [4.78, 5) is 14.7. The van der Waals surface area contributed by atoms with Gasteiger partial charge in [-0.25, -0.2) is 0 Å². The largest absolute Gasteiger partial charge is 0.463 e. The molecule has 2 heterocycles. The topological polar surface area (TPSA) is 63.2 Å². The Kier molecular flexibility index (Phi) is 5.37. The molecule has 1 N–H and O–H groups in total. The molecule has 1 aromatic rings. The summed E-state index contributed by atoms with van der Waals surface area (Å²) in [5, 5.41) is 3.50. The van der Waals surface area contributed by atoms with Gasteiger partial charge in [0.2, 0.25) is 11.2 Å². The van der Waals surface area contributed by atoms with Crippen LogP contribution in [0.25, 0.3) is 0 Å².